The SMILES string of the molecule is Cc1ccc(OCC2CCOc3ccccc32)c(N)n1. The quantitative estimate of drug-likeness (QED) is 0.931. The standard InChI is InChI=1S/C16H18N2O2/c1-11-6-7-15(16(17)18-11)20-10-12-8-9-19-14-5-3-2-4-13(12)14/h2-7,12H,8-10H2,1H3,(H2,17,18). The molecule has 20 heavy (non-hydrogen) atoms. The molecule has 0 saturated carbocycles. The summed E-state index contributed by atoms with van der Waals surface area (Å²) in [6, 6.07) is 11.9. The van der Waals surface area contributed by atoms with Gasteiger partial charge < -0.3 is 15.2 Å². The Labute approximate surface area is 118 Å². The molecule has 0 aliphatic carbocycles. The fraction of sp³-hybridized carbons (Fsp3) is 0.312. The number of fused-ring (bicyclic) bond motifs is 1. The van der Waals surface area contributed by atoms with E-state index < -0.39 is 0 Å². The van der Waals surface area contributed by atoms with Crippen molar-refractivity contribution in [2.75, 3.05) is 18.9 Å². The number of hydrogen-bond donors (Lipinski definition) is 1. The molecular weight excluding hydrogens is 252 g/mol. The number of aryl methyl sites for hydroxylation is 1. The van der Waals surface area contributed by atoms with E-state index in [1.54, 1.807) is 0 Å². The summed E-state index contributed by atoms with van der Waals surface area (Å²) in [5.41, 5.74) is 7.97. The minimum atomic E-state index is 0.334. The maximum atomic E-state index is 5.87. The van der Waals surface area contributed by atoms with Crippen LogP contribution < -0.4 is 15.2 Å². The van der Waals surface area contributed by atoms with E-state index in [0.29, 0.717) is 24.1 Å². The third-order valence-corrected chi connectivity index (χ3v) is 3.55. The van der Waals surface area contributed by atoms with Crippen LogP contribution >= 0.6 is 0 Å². The number of aromatic nitrogens is 1. The van der Waals surface area contributed by atoms with Gasteiger partial charge in [-0.25, -0.2) is 4.98 Å². The first kappa shape index (κ1) is 12.8. The molecule has 1 aromatic heterocycles. The van der Waals surface area contributed by atoms with Crippen LogP contribution in [-0.2, 0) is 0 Å². The summed E-state index contributed by atoms with van der Waals surface area (Å²) in [5, 5.41) is 0. The van der Waals surface area contributed by atoms with Crippen molar-refractivity contribution in [3.05, 3.63) is 47.7 Å². The van der Waals surface area contributed by atoms with Gasteiger partial charge in [-0.15, -0.1) is 0 Å². The fourth-order valence-corrected chi connectivity index (χ4v) is 2.47. The molecule has 0 spiro atoms. The number of hydrogen-bond acceptors (Lipinski definition) is 4. The lowest BCUT2D eigenvalue weighted by molar-refractivity contribution is 0.217. The molecule has 3 rings (SSSR count). The lowest BCUT2D eigenvalue weighted by atomic mass is 9.94. The van der Waals surface area contributed by atoms with Gasteiger partial charge in [-0.05, 0) is 31.5 Å². The Balaban J connectivity index is 1.73. The molecule has 0 fully saturated rings. The van der Waals surface area contributed by atoms with Crippen LogP contribution in [0.3, 0.4) is 0 Å². The first-order valence-electron chi connectivity index (χ1n) is 6.81. The number of rotatable bonds is 3. The van der Waals surface area contributed by atoms with Crippen molar-refractivity contribution >= 4 is 5.82 Å². The molecule has 0 radical (unpaired) electrons. The zero-order chi connectivity index (χ0) is 13.9. The van der Waals surface area contributed by atoms with Crippen molar-refractivity contribution < 1.29 is 9.47 Å². The highest BCUT2D eigenvalue weighted by atomic mass is 16.5. The van der Waals surface area contributed by atoms with Gasteiger partial charge in [0, 0.05) is 17.2 Å². The van der Waals surface area contributed by atoms with Crippen molar-refractivity contribution in [2.24, 2.45) is 0 Å². The molecule has 0 saturated heterocycles. The number of ether oxygens (including phenoxy) is 2. The summed E-state index contributed by atoms with van der Waals surface area (Å²) < 4.78 is 11.5. The predicted octanol–water partition coefficient (Wildman–Crippen LogP) is 2.92. The highest BCUT2D eigenvalue weighted by Gasteiger charge is 2.21. The van der Waals surface area contributed by atoms with Gasteiger partial charge in [-0.2, -0.15) is 0 Å². The van der Waals surface area contributed by atoms with Crippen LogP contribution in [-0.4, -0.2) is 18.2 Å². The zero-order valence-corrected chi connectivity index (χ0v) is 11.5. The summed E-state index contributed by atoms with van der Waals surface area (Å²) in [6.07, 6.45) is 0.955. The summed E-state index contributed by atoms with van der Waals surface area (Å²) in [5.74, 6) is 2.40. The number of anilines is 1. The van der Waals surface area contributed by atoms with Crippen molar-refractivity contribution in [2.45, 2.75) is 19.3 Å². The second-order valence-electron chi connectivity index (χ2n) is 5.02. The van der Waals surface area contributed by atoms with Gasteiger partial charge in [-0.3, -0.25) is 0 Å². The maximum Gasteiger partial charge on any atom is 0.166 e. The van der Waals surface area contributed by atoms with E-state index in [4.69, 9.17) is 15.2 Å². The normalized spacial score (nSPS) is 17.1. The van der Waals surface area contributed by atoms with E-state index in [1.165, 1.54) is 5.56 Å². The van der Waals surface area contributed by atoms with Gasteiger partial charge in [0.05, 0.1) is 13.2 Å². The van der Waals surface area contributed by atoms with Crippen LogP contribution in [0.15, 0.2) is 36.4 Å². The van der Waals surface area contributed by atoms with Gasteiger partial charge in [0.15, 0.2) is 11.6 Å². The fourth-order valence-electron chi connectivity index (χ4n) is 2.47. The molecule has 1 aromatic carbocycles. The molecule has 1 unspecified atom stereocenters. The number of benzene rings is 1. The summed E-state index contributed by atoms with van der Waals surface area (Å²) >= 11 is 0. The lowest BCUT2D eigenvalue weighted by Gasteiger charge is -2.25. The highest BCUT2D eigenvalue weighted by Crippen LogP contribution is 2.34. The summed E-state index contributed by atoms with van der Waals surface area (Å²) in [7, 11) is 0. The minimum absolute atomic E-state index is 0.334. The molecule has 4 nitrogen and oxygen atoms in total. The third-order valence-electron chi connectivity index (χ3n) is 3.55. The topological polar surface area (TPSA) is 57.4 Å². The highest BCUT2D eigenvalue weighted by molar-refractivity contribution is 5.46. The second-order valence-corrected chi connectivity index (χ2v) is 5.02. The van der Waals surface area contributed by atoms with Crippen LogP contribution in [0.5, 0.6) is 11.5 Å². The van der Waals surface area contributed by atoms with E-state index >= 15 is 0 Å². The average Bonchev–Trinajstić information content (AvgIpc) is 2.46. The number of nitrogen functional groups attached to an aromatic ring is 1. The molecule has 4 heteroatoms. The van der Waals surface area contributed by atoms with Gasteiger partial charge >= 0.3 is 0 Å². The van der Waals surface area contributed by atoms with Crippen molar-refractivity contribution in [3.63, 3.8) is 0 Å². The molecule has 2 heterocycles. The molecule has 1 aliphatic rings. The Morgan fingerprint density at radius 2 is 2.15 bits per heavy atom. The minimum Gasteiger partial charge on any atom is -0.493 e. The Hall–Kier alpha value is -2.23. The van der Waals surface area contributed by atoms with Crippen LogP contribution in [0, 0.1) is 6.92 Å². The Bertz CT molecular complexity index is 613. The van der Waals surface area contributed by atoms with E-state index in [9.17, 15) is 0 Å². The number of pyridine rings is 1. The van der Waals surface area contributed by atoms with Gasteiger partial charge in [-0.1, -0.05) is 18.2 Å². The molecule has 0 amide bonds. The average molecular weight is 270 g/mol. The van der Waals surface area contributed by atoms with Gasteiger partial charge in [0.25, 0.3) is 0 Å². The number of nitrogens with zero attached hydrogens (tertiary/aromatic N) is 1. The van der Waals surface area contributed by atoms with Crippen LogP contribution in [0.2, 0.25) is 0 Å². The molecule has 104 valence electrons. The Morgan fingerprint density at radius 3 is 3.00 bits per heavy atom. The van der Waals surface area contributed by atoms with Crippen molar-refractivity contribution in [1.29, 1.82) is 0 Å². The van der Waals surface area contributed by atoms with E-state index in [0.717, 1.165) is 24.5 Å². The third kappa shape index (κ3) is 2.54. The molecule has 2 aromatic rings. The largest absolute Gasteiger partial charge is 0.493 e. The maximum absolute atomic E-state index is 5.87. The molecular formula is C16H18N2O2. The van der Waals surface area contributed by atoms with Gasteiger partial charge in [0.2, 0.25) is 0 Å². The molecule has 1 atom stereocenters. The smallest absolute Gasteiger partial charge is 0.166 e. The zero-order valence-electron chi connectivity index (χ0n) is 11.5. The number of para-hydroxylation sites is 1. The van der Waals surface area contributed by atoms with E-state index in [2.05, 4.69) is 11.1 Å². The van der Waals surface area contributed by atoms with Crippen LogP contribution in [0.25, 0.3) is 0 Å². The molecule has 1 aliphatic heterocycles. The summed E-state index contributed by atoms with van der Waals surface area (Å²) in [6.45, 7) is 3.23. The van der Waals surface area contributed by atoms with E-state index in [-0.39, 0.29) is 0 Å². The van der Waals surface area contributed by atoms with Crippen LogP contribution in [0.4, 0.5) is 5.82 Å². The second kappa shape index (κ2) is 5.41. The first-order chi connectivity index (χ1) is 9.74. The Morgan fingerprint density at radius 1 is 1.30 bits per heavy atom. The van der Waals surface area contributed by atoms with Crippen molar-refractivity contribution in [1.82, 2.24) is 4.98 Å². The van der Waals surface area contributed by atoms with Gasteiger partial charge in [0.1, 0.15) is 5.75 Å². The first-order valence-corrected chi connectivity index (χ1v) is 6.81. The van der Waals surface area contributed by atoms with Crippen LogP contribution in [0.1, 0.15) is 23.6 Å². The molecule has 2 N–H and O–H groups in total. The summed E-state index contributed by atoms with van der Waals surface area (Å²) in [4.78, 5) is 4.21. The lowest BCUT2D eigenvalue weighted by Crippen LogP contribution is -2.19. The predicted molar refractivity (Wildman–Crippen MR) is 78.2 cm³/mol. The van der Waals surface area contributed by atoms with Crippen molar-refractivity contribution in [3.8, 4) is 11.5 Å². The monoisotopic (exact) mass is 270 g/mol. The number of nitrogens with two attached hydrogens (primary N) is 1. The molecule has 0 bridgehead atoms. The Kier molecular flexibility index (Phi) is 3.46. The van der Waals surface area contributed by atoms with E-state index in [1.807, 2.05) is 37.3 Å².